The van der Waals surface area contributed by atoms with E-state index in [4.69, 9.17) is 9.51 Å². The Balaban J connectivity index is 1.45. The zero-order valence-electron chi connectivity index (χ0n) is 14.9. The monoisotopic (exact) mass is 346 g/mol. The molecule has 26 heavy (non-hydrogen) atoms. The van der Waals surface area contributed by atoms with Crippen molar-refractivity contribution in [3.63, 3.8) is 0 Å². The third-order valence-corrected chi connectivity index (χ3v) is 5.75. The van der Waals surface area contributed by atoms with Crippen LogP contribution in [0.1, 0.15) is 48.3 Å². The molecule has 0 spiro atoms. The fraction of sp³-hybridized carbons (Fsp3) is 0.381. The van der Waals surface area contributed by atoms with Gasteiger partial charge in [-0.25, -0.2) is 4.98 Å². The van der Waals surface area contributed by atoms with Crippen molar-refractivity contribution in [3.8, 4) is 11.6 Å². The molecule has 2 aliphatic rings. The van der Waals surface area contributed by atoms with Crippen molar-refractivity contribution in [1.29, 1.82) is 0 Å². The molecule has 2 aliphatic heterocycles. The lowest BCUT2D eigenvalue weighted by atomic mass is 9.94. The summed E-state index contributed by atoms with van der Waals surface area (Å²) in [5, 5.41) is 4.34. The van der Waals surface area contributed by atoms with E-state index in [9.17, 15) is 0 Å². The molecule has 3 atom stereocenters. The second-order valence-corrected chi connectivity index (χ2v) is 7.34. The Morgan fingerprint density at radius 1 is 1.04 bits per heavy atom. The van der Waals surface area contributed by atoms with Crippen molar-refractivity contribution in [2.45, 2.75) is 44.2 Å². The zero-order valence-corrected chi connectivity index (χ0v) is 14.9. The molecule has 0 aliphatic carbocycles. The van der Waals surface area contributed by atoms with Crippen molar-refractivity contribution >= 4 is 0 Å². The fourth-order valence-electron chi connectivity index (χ4n) is 4.60. The van der Waals surface area contributed by atoms with Crippen LogP contribution in [0.3, 0.4) is 0 Å². The van der Waals surface area contributed by atoms with Crippen molar-refractivity contribution in [2.75, 3.05) is 6.54 Å². The van der Waals surface area contributed by atoms with Gasteiger partial charge in [-0.15, -0.1) is 0 Å². The summed E-state index contributed by atoms with van der Waals surface area (Å²) < 4.78 is 5.57. The van der Waals surface area contributed by atoms with Crippen LogP contribution in [0.15, 0.2) is 53.1 Å². The Bertz CT molecular complexity index is 907. The highest BCUT2D eigenvalue weighted by atomic mass is 16.5. The van der Waals surface area contributed by atoms with Gasteiger partial charge in [0.1, 0.15) is 5.69 Å². The molecular weight excluding hydrogens is 324 g/mol. The van der Waals surface area contributed by atoms with E-state index in [-0.39, 0.29) is 0 Å². The average molecular weight is 346 g/mol. The molecule has 0 radical (unpaired) electrons. The van der Waals surface area contributed by atoms with Crippen molar-refractivity contribution in [3.05, 3.63) is 65.6 Å². The summed E-state index contributed by atoms with van der Waals surface area (Å²) in [5.74, 6) is 1.68. The number of benzene rings is 1. The summed E-state index contributed by atoms with van der Waals surface area (Å²) in [5.41, 5.74) is 3.10. The normalized spacial score (nSPS) is 25.5. The number of fused-ring (bicyclic) bond motifs is 1. The first-order chi connectivity index (χ1) is 12.8. The summed E-state index contributed by atoms with van der Waals surface area (Å²) in [4.78, 5) is 11.9. The molecule has 2 saturated heterocycles. The van der Waals surface area contributed by atoms with Crippen LogP contribution in [0, 0.1) is 6.92 Å². The molecule has 0 amide bonds. The Morgan fingerprint density at radius 2 is 1.92 bits per heavy atom. The maximum absolute atomic E-state index is 5.57. The van der Waals surface area contributed by atoms with Crippen LogP contribution in [0.5, 0.6) is 0 Å². The zero-order chi connectivity index (χ0) is 17.5. The summed E-state index contributed by atoms with van der Waals surface area (Å²) in [7, 11) is 0. The first kappa shape index (κ1) is 15.7. The number of nitrogens with zero attached hydrogens (tertiary/aromatic N) is 4. The van der Waals surface area contributed by atoms with E-state index in [1.807, 2.05) is 25.1 Å². The fourth-order valence-corrected chi connectivity index (χ4v) is 4.60. The van der Waals surface area contributed by atoms with E-state index in [2.05, 4.69) is 45.4 Å². The van der Waals surface area contributed by atoms with Crippen LogP contribution < -0.4 is 0 Å². The highest BCUT2D eigenvalue weighted by molar-refractivity contribution is 5.46. The molecule has 4 heterocycles. The first-order valence-electron chi connectivity index (χ1n) is 9.38. The van der Waals surface area contributed by atoms with E-state index < -0.39 is 0 Å². The van der Waals surface area contributed by atoms with Gasteiger partial charge in [0, 0.05) is 23.7 Å². The molecular formula is C21H22N4O. The molecule has 2 fully saturated rings. The minimum absolute atomic E-state index is 0.324. The van der Waals surface area contributed by atoms with Gasteiger partial charge in [0.2, 0.25) is 0 Å². The van der Waals surface area contributed by atoms with Gasteiger partial charge in [-0.2, -0.15) is 4.98 Å². The molecule has 0 bridgehead atoms. The molecule has 132 valence electrons. The van der Waals surface area contributed by atoms with Gasteiger partial charge in [0.15, 0.2) is 5.82 Å². The Morgan fingerprint density at radius 3 is 2.77 bits per heavy atom. The highest BCUT2D eigenvalue weighted by Gasteiger charge is 2.46. The summed E-state index contributed by atoms with van der Waals surface area (Å²) in [6.07, 6.45) is 3.50. The Kier molecular flexibility index (Phi) is 3.82. The average Bonchev–Trinajstić information content (AvgIpc) is 3.39. The topological polar surface area (TPSA) is 55.1 Å². The highest BCUT2D eigenvalue weighted by Crippen LogP contribution is 2.48. The summed E-state index contributed by atoms with van der Waals surface area (Å²) in [6.45, 7) is 3.13. The van der Waals surface area contributed by atoms with E-state index in [1.54, 1.807) is 0 Å². The number of hydrogen-bond acceptors (Lipinski definition) is 5. The smallest absolute Gasteiger partial charge is 0.276 e. The van der Waals surface area contributed by atoms with Crippen molar-refractivity contribution in [2.24, 2.45) is 0 Å². The van der Waals surface area contributed by atoms with Gasteiger partial charge in [0.25, 0.3) is 5.89 Å². The molecule has 2 aromatic heterocycles. The largest absolute Gasteiger partial charge is 0.332 e. The number of aryl methyl sites for hydroxylation is 1. The van der Waals surface area contributed by atoms with E-state index in [0.29, 0.717) is 23.9 Å². The van der Waals surface area contributed by atoms with Crippen molar-refractivity contribution in [1.82, 2.24) is 20.0 Å². The first-order valence-corrected chi connectivity index (χ1v) is 9.38. The summed E-state index contributed by atoms with van der Waals surface area (Å²) >= 11 is 0. The molecule has 1 aromatic carbocycles. The van der Waals surface area contributed by atoms with E-state index in [1.165, 1.54) is 18.4 Å². The third kappa shape index (κ3) is 2.63. The third-order valence-electron chi connectivity index (χ3n) is 5.75. The van der Waals surface area contributed by atoms with Crippen LogP contribution in [0.2, 0.25) is 0 Å². The molecule has 0 N–H and O–H groups in total. The Labute approximate surface area is 153 Å². The van der Waals surface area contributed by atoms with Crippen LogP contribution in [0.4, 0.5) is 0 Å². The van der Waals surface area contributed by atoms with Crippen molar-refractivity contribution < 1.29 is 4.52 Å². The van der Waals surface area contributed by atoms with Gasteiger partial charge in [-0.3, -0.25) is 4.90 Å². The maximum atomic E-state index is 5.57. The molecule has 0 saturated carbocycles. The predicted molar refractivity (Wildman–Crippen MR) is 98.5 cm³/mol. The molecule has 3 aromatic rings. The number of rotatable bonds is 3. The SMILES string of the molecule is Cc1cccc(-c2nc([C@H]3C[C@@H](c4ccccc4)N4CCC[C@H]34)no2)n1. The van der Waals surface area contributed by atoms with E-state index in [0.717, 1.165) is 30.2 Å². The second-order valence-electron chi connectivity index (χ2n) is 7.34. The van der Waals surface area contributed by atoms with Crippen LogP contribution in [-0.4, -0.2) is 32.6 Å². The van der Waals surface area contributed by atoms with Gasteiger partial charge < -0.3 is 4.52 Å². The van der Waals surface area contributed by atoms with Crippen LogP contribution in [0.25, 0.3) is 11.6 Å². The standard InChI is InChI=1S/C21H22N4O/c1-14-7-5-10-17(22-14)21-23-20(24-26-21)16-13-19(15-8-3-2-4-9-15)25-12-6-11-18(16)25/h2-5,7-10,16,18-19H,6,11-13H2,1H3/t16-,18+,19-/m0/s1. The van der Waals surface area contributed by atoms with E-state index >= 15 is 0 Å². The Hall–Kier alpha value is -2.53. The quantitative estimate of drug-likeness (QED) is 0.713. The lowest BCUT2D eigenvalue weighted by Crippen LogP contribution is -2.27. The summed E-state index contributed by atoms with van der Waals surface area (Å²) in [6, 6.07) is 17.6. The second kappa shape index (κ2) is 6.32. The van der Waals surface area contributed by atoms with Crippen LogP contribution >= 0.6 is 0 Å². The number of aromatic nitrogens is 3. The molecule has 5 nitrogen and oxygen atoms in total. The lowest BCUT2D eigenvalue weighted by molar-refractivity contribution is 0.243. The van der Waals surface area contributed by atoms with Gasteiger partial charge in [0.05, 0.1) is 0 Å². The lowest BCUT2D eigenvalue weighted by Gasteiger charge is -2.24. The van der Waals surface area contributed by atoms with Gasteiger partial charge in [-0.1, -0.05) is 41.6 Å². The molecule has 5 heteroatoms. The minimum atomic E-state index is 0.324. The van der Waals surface area contributed by atoms with Crippen LogP contribution in [-0.2, 0) is 0 Å². The predicted octanol–water partition coefficient (Wildman–Crippen LogP) is 4.13. The molecule has 0 unspecified atom stereocenters. The van der Waals surface area contributed by atoms with Gasteiger partial charge >= 0.3 is 0 Å². The number of pyridine rings is 1. The number of hydrogen-bond donors (Lipinski definition) is 0. The maximum Gasteiger partial charge on any atom is 0.276 e. The van der Waals surface area contributed by atoms with Gasteiger partial charge in [-0.05, 0) is 50.4 Å². The minimum Gasteiger partial charge on any atom is -0.332 e. The molecule has 5 rings (SSSR count).